The highest BCUT2D eigenvalue weighted by atomic mass is 16.2. The van der Waals surface area contributed by atoms with Crippen LogP contribution in [0.3, 0.4) is 0 Å². The van der Waals surface area contributed by atoms with Crippen molar-refractivity contribution in [1.82, 2.24) is 19.8 Å². The lowest BCUT2D eigenvalue weighted by molar-refractivity contribution is -0.130. The van der Waals surface area contributed by atoms with Crippen molar-refractivity contribution in [1.29, 1.82) is 0 Å². The Kier molecular flexibility index (Phi) is 4.12. The Morgan fingerprint density at radius 3 is 2.72 bits per heavy atom. The smallest absolute Gasteiger partial charge is 0.219 e. The number of nitrogens with zero attached hydrogens (tertiary/aromatic N) is 3. The molecule has 0 spiro atoms. The fourth-order valence-corrected chi connectivity index (χ4v) is 4.67. The summed E-state index contributed by atoms with van der Waals surface area (Å²) in [6.07, 6.45) is 1.77. The maximum Gasteiger partial charge on any atom is 0.219 e. The van der Waals surface area contributed by atoms with Crippen LogP contribution in [0.5, 0.6) is 0 Å². The summed E-state index contributed by atoms with van der Waals surface area (Å²) in [5, 5.41) is 0. The van der Waals surface area contributed by atoms with E-state index in [0.29, 0.717) is 11.8 Å². The van der Waals surface area contributed by atoms with Gasteiger partial charge in [0.2, 0.25) is 5.91 Å². The fourth-order valence-electron chi connectivity index (χ4n) is 4.67. The summed E-state index contributed by atoms with van der Waals surface area (Å²) >= 11 is 0. The van der Waals surface area contributed by atoms with Crippen molar-refractivity contribution < 1.29 is 4.79 Å². The number of aromatic amines is 1. The maximum atomic E-state index is 12.3. The SMILES string of the molecule is CC(=O)N1C[C@H]2CN(Cc3nc[nH]c3C)C[C@H]2[C@@H]1c1ccccc1C. The minimum absolute atomic E-state index is 0.192. The van der Waals surface area contributed by atoms with E-state index in [9.17, 15) is 4.79 Å². The van der Waals surface area contributed by atoms with Gasteiger partial charge in [0.05, 0.1) is 18.1 Å². The highest BCUT2D eigenvalue weighted by Gasteiger charge is 2.48. The zero-order valence-corrected chi connectivity index (χ0v) is 15.2. The third-order valence-electron chi connectivity index (χ3n) is 5.96. The van der Waals surface area contributed by atoms with Crippen LogP contribution in [0, 0.1) is 25.7 Å². The number of aryl methyl sites for hydroxylation is 2. The highest BCUT2D eigenvalue weighted by molar-refractivity contribution is 5.74. The number of carbonyl (C=O) groups is 1. The number of hydrogen-bond donors (Lipinski definition) is 1. The van der Waals surface area contributed by atoms with Crippen LogP contribution in [0.15, 0.2) is 30.6 Å². The van der Waals surface area contributed by atoms with Gasteiger partial charge < -0.3 is 9.88 Å². The average Bonchev–Trinajstić information content (AvgIpc) is 3.23. The molecule has 0 bridgehead atoms. The summed E-state index contributed by atoms with van der Waals surface area (Å²) in [5.41, 5.74) is 4.87. The van der Waals surface area contributed by atoms with Crippen LogP contribution >= 0.6 is 0 Å². The number of amides is 1. The highest BCUT2D eigenvalue weighted by Crippen LogP contribution is 2.45. The van der Waals surface area contributed by atoms with Gasteiger partial charge in [-0.1, -0.05) is 24.3 Å². The minimum atomic E-state index is 0.192. The molecule has 1 aromatic heterocycles. The number of hydrogen-bond acceptors (Lipinski definition) is 3. The van der Waals surface area contributed by atoms with Crippen LogP contribution in [0.4, 0.5) is 0 Å². The van der Waals surface area contributed by atoms with Crippen LogP contribution in [0.1, 0.15) is 35.5 Å². The second-order valence-corrected chi connectivity index (χ2v) is 7.57. The Morgan fingerprint density at radius 2 is 2.04 bits per heavy atom. The van der Waals surface area contributed by atoms with Crippen molar-refractivity contribution in [3.05, 3.63) is 53.1 Å². The van der Waals surface area contributed by atoms with Crippen LogP contribution in [0.25, 0.3) is 0 Å². The van der Waals surface area contributed by atoms with E-state index < -0.39 is 0 Å². The molecule has 1 N–H and O–H groups in total. The van der Waals surface area contributed by atoms with Gasteiger partial charge in [0.25, 0.3) is 0 Å². The summed E-state index contributed by atoms with van der Waals surface area (Å²) in [6.45, 7) is 9.77. The van der Waals surface area contributed by atoms with Crippen molar-refractivity contribution in [2.24, 2.45) is 11.8 Å². The Bertz CT molecular complexity index is 784. The number of nitrogens with one attached hydrogen (secondary N) is 1. The van der Waals surface area contributed by atoms with Gasteiger partial charge in [-0.2, -0.15) is 0 Å². The minimum Gasteiger partial charge on any atom is -0.348 e. The molecule has 3 atom stereocenters. The second-order valence-electron chi connectivity index (χ2n) is 7.57. The van der Waals surface area contributed by atoms with Crippen LogP contribution < -0.4 is 0 Å². The second kappa shape index (κ2) is 6.30. The van der Waals surface area contributed by atoms with E-state index in [2.05, 4.69) is 57.9 Å². The molecule has 0 radical (unpaired) electrons. The Morgan fingerprint density at radius 1 is 1.24 bits per heavy atom. The lowest BCUT2D eigenvalue weighted by Gasteiger charge is -2.30. The van der Waals surface area contributed by atoms with Gasteiger partial charge in [0.1, 0.15) is 0 Å². The number of rotatable bonds is 3. The van der Waals surface area contributed by atoms with Crippen LogP contribution in [-0.4, -0.2) is 45.3 Å². The molecule has 2 aromatic rings. The van der Waals surface area contributed by atoms with Gasteiger partial charge in [-0.3, -0.25) is 9.69 Å². The Hall–Kier alpha value is -2.14. The van der Waals surface area contributed by atoms with E-state index in [1.165, 1.54) is 11.1 Å². The number of likely N-dealkylation sites (tertiary alicyclic amines) is 2. The summed E-state index contributed by atoms with van der Waals surface area (Å²) in [7, 11) is 0. The molecule has 2 aliphatic heterocycles. The normalized spacial score (nSPS) is 26.2. The molecule has 3 heterocycles. The molecular weight excluding hydrogens is 312 g/mol. The molecule has 1 amide bonds. The van der Waals surface area contributed by atoms with Gasteiger partial charge in [-0.15, -0.1) is 0 Å². The van der Waals surface area contributed by atoms with Crippen molar-refractivity contribution in [2.45, 2.75) is 33.4 Å². The zero-order chi connectivity index (χ0) is 17.6. The fraction of sp³-hybridized carbons (Fsp3) is 0.500. The third-order valence-corrected chi connectivity index (χ3v) is 5.96. The van der Waals surface area contributed by atoms with Crippen molar-refractivity contribution in [3.63, 3.8) is 0 Å². The van der Waals surface area contributed by atoms with Gasteiger partial charge in [-0.25, -0.2) is 4.98 Å². The summed E-state index contributed by atoms with van der Waals surface area (Å²) in [5.74, 6) is 1.24. The standard InChI is InChI=1S/C20H26N4O/c1-13-6-4-5-7-17(13)20-18-10-23(11-19-14(2)21-12-22-19)8-16(18)9-24(20)15(3)25/h4-7,12,16,18,20H,8-11H2,1-3H3,(H,21,22)/t16-,18-,20+/m1/s1. The number of fused-ring (bicyclic) bond motifs is 1. The lowest BCUT2D eigenvalue weighted by atomic mass is 9.87. The molecule has 132 valence electrons. The molecule has 1 aromatic carbocycles. The van der Waals surface area contributed by atoms with Gasteiger partial charge >= 0.3 is 0 Å². The first kappa shape index (κ1) is 16.3. The average molecular weight is 338 g/mol. The van der Waals surface area contributed by atoms with E-state index in [0.717, 1.165) is 37.6 Å². The van der Waals surface area contributed by atoms with Gasteiger partial charge in [0, 0.05) is 44.7 Å². The lowest BCUT2D eigenvalue weighted by Crippen LogP contribution is -2.34. The molecule has 5 heteroatoms. The van der Waals surface area contributed by atoms with E-state index in [-0.39, 0.29) is 11.9 Å². The molecule has 0 aliphatic carbocycles. The first-order valence-corrected chi connectivity index (χ1v) is 9.08. The molecule has 4 rings (SSSR count). The van der Waals surface area contributed by atoms with Crippen molar-refractivity contribution >= 4 is 5.91 Å². The molecule has 0 saturated carbocycles. The molecule has 25 heavy (non-hydrogen) atoms. The summed E-state index contributed by atoms with van der Waals surface area (Å²) in [6, 6.07) is 8.71. The van der Waals surface area contributed by atoms with Crippen molar-refractivity contribution in [2.75, 3.05) is 19.6 Å². The number of aromatic nitrogens is 2. The molecule has 5 nitrogen and oxygen atoms in total. The number of benzene rings is 1. The monoisotopic (exact) mass is 338 g/mol. The van der Waals surface area contributed by atoms with E-state index in [4.69, 9.17) is 0 Å². The first-order chi connectivity index (χ1) is 12.0. The third kappa shape index (κ3) is 2.86. The topological polar surface area (TPSA) is 52.2 Å². The van der Waals surface area contributed by atoms with E-state index in [1.807, 2.05) is 0 Å². The van der Waals surface area contributed by atoms with E-state index >= 15 is 0 Å². The van der Waals surface area contributed by atoms with Gasteiger partial charge in [0.15, 0.2) is 0 Å². The molecule has 2 saturated heterocycles. The van der Waals surface area contributed by atoms with Crippen molar-refractivity contribution in [3.8, 4) is 0 Å². The first-order valence-electron chi connectivity index (χ1n) is 9.08. The molecular formula is C20H26N4O. The van der Waals surface area contributed by atoms with Crippen LogP contribution in [0.2, 0.25) is 0 Å². The summed E-state index contributed by atoms with van der Waals surface area (Å²) in [4.78, 5) is 24.5. The Balaban J connectivity index is 1.58. The maximum absolute atomic E-state index is 12.3. The number of H-pyrrole nitrogens is 1. The van der Waals surface area contributed by atoms with Crippen LogP contribution in [-0.2, 0) is 11.3 Å². The Labute approximate surface area is 149 Å². The summed E-state index contributed by atoms with van der Waals surface area (Å²) < 4.78 is 0. The quantitative estimate of drug-likeness (QED) is 0.936. The van der Waals surface area contributed by atoms with E-state index in [1.54, 1.807) is 13.3 Å². The molecule has 0 unspecified atom stereocenters. The zero-order valence-electron chi connectivity index (χ0n) is 15.2. The largest absolute Gasteiger partial charge is 0.348 e. The molecule has 2 aliphatic rings. The predicted molar refractivity (Wildman–Crippen MR) is 96.9 cm³/mol. The number of carbonyl (C=O) groups excluding carboxylic acids is 1. The predicted octanol–water partition coefficient (Wildman–Crippen LogP) is 2.68. The van der Waals surface area contributed by atoms with Gasteiger partial charge in [-0.05, 0) is 30.9 Å². The number of imidazole rings is 1. The molecule has 2 fully saturated rings.